The van der Waals surface area contributed by atoms with Gasteiger partial charge in [-0.2, -0.15) is 0 Å². The van der Waals surface area contributed by atoms with E-state index in [1.165, 1.54) is 29.7 Å². The van der Waals surface area contributed by atoms with Gasteiger partial charge in [-0.15, -0.1) is 0 Å². The molecule has 2 heterocycles. The van der Waals surface area contributed by atoms with E-state index in [-0.39, 0.29) is 0 Å². The summed E-state index contributed by atoms with van der Waals surface area (Å²) in [5.41, 5.74) is 4.86. The molecule has 0 radical (unpaired) electrons. The normalized spacial score (nSPS) is 20.3. The molecule has 0 amide bonds. The summed E-state index contributed by atoms with van der Waals surface area (Å²) in [5, 5.41) is 0. The molecule has 33 heavy (non-hydrogen) atoms. The second kappa shape index (κ2) is 9.17. The number of piperidine rings is 1. The van der Waals surface area contributed by atoms with Crippen LogP contribution in [0.5, 0.6) is 11.5 Å². The zero-order valence-corrected chi connectivity index (χ0v) is 19.4. The minimum Gasteiger partial charge on any atom is -0.497 e. The van der Waals surface area contributed by atoms with Crippen LogP contribution < -0.4 is 14.4 Å². The zero-order chi connectivity index (χ0) is 22.7. The molecule has 3 aromatic rings. The number of hydrogen-bond donors (Lipinski definition) is 1. The third-order valence-electron chi connectivity index (χ3n) is 6.88. The van der Waals surface area contributed by atoms with E-state index in [1.807, 2.05) is 36.4 Å². The van der Waals surface area contributed by atoms with Crippen molar-refractivity contribution in [1.82, 2.24) is 0 Å². The Morgan fingerprint density at radius 3 is 2.24 bits per heavy atom. The number of methoxy groups -OCH3 is 1. The Morgan fingerprint density at radius 2 is 1.52 bits per heavy atom. The summed E-state index contributed by atoms with van der Waals surface area (Å²) < 4.78 is 12.5. The van der Waals surface area contributed by atoms with Crippen LogP contribution in [0.3, 0.4) is 0 Å². The minimum absolute atomic E-state index is 0.609. The summed E-state index contributed by atoms with van der Waals surface area (Å²) in [6, 6.07) is 26.9. The number of nitrogens with one attached hydrogen (secondary N) is 1. The fourth-order valence-corrected chi connectivity index (χ4v) is 5.17. The zero-order valence-electron chi connectivity index (χ0n) is 19.4. The maximum Gasteiger partial charge on any atom is 0.292 e. The van der Waals surface area contributed by atoms with Crippen LogP contribution in [0.15, 0.2) is 84.4 Å². The number of quaternary nitrogens is 1. The van der Waals surface area contributed by atoms with E-state index in [4.69, 9.17) is 9.47 Å². The Hall–Kier alpha value is -3.48. The monoisotopic (exact) mass is 436 g/mol. The van der Waals surface area contributed by atoms with Gasteiger partial charge >= 0.3 is 0 Å². The fraction of sp³-hybridized carbons (Fsp3) is 0.267. The number of fused-ring (bicyclic) bond motifs is 1. The first-order valence-corrected chi connectivity index (χ1v) is 11.8. The highest BCUT2D eigenvalue weighted by molar-refractivity contribution is 5.87. The molecular formula is C30H30NO2+. The summed E-state index contributed by atoms with van der Waals surface area (Å²) in [4.78, 5) is 1.45. The highest BCUT2D eigenvalue weighted by Crippen LogP contribution is 2.43. The van der Waals surface area contributed by atoms with E-state index >= 15 is 0 Å². The van der Waals surface area contributed by atoms with E-state index in [0.29, 0.717) is 0 Å². The summed E-state index contributed by atoms with van der Waals surface area (Å²) in [5.74, 6) is 8.69. The molecule has 1 fully saturated rings. The van der Waals surface area contributed by atoms with Crippen LogP contribution >= 0.6 is 0 Å². The van der Waals surface area contributed by atoms with Crippen LogP contribution in [0.1, 0.15) is 42.9 Å². The lowest BCUT2D eigenvalue weighted by Crippen LogP contribution is -3.20. The van der Waals surface area contributed by atoms with Gasteiger partial charge in [0.05, 0.1) is 31.3 Å². The molecule has 3 aromatic carbocycles. The largest absolute Gasteiger partial charge is 0.497 e. The molecule has 166 valence electrons. The van der Waals surface area contributed by atoms with Crippen LogP contribution in [-0.2, 0) is 5.72 Å². The van der Waals surface area contributed by atoms with Crippen molar-refractivity contribution in [3.05, 3.63) is 101 Å². The van der Waals surface area contributed by atoms with Crippen molar-refractivity contribution in [2.45, 2.75) is 31.9 Å². The summed E-state index contributed by atoms with van der Waals surface area (Å²) >= 11 is 0. The maximum absolute atomic E-state index is 7.01. The number of para-hydroxylation sites is 1. The van der Waals surface area contributed by atoms with Crippen LogP contribution in [-0.4, -0.2) is 20.2 Å². The SMILES string of the molecule is COc1ccc([C@]2([NH+]3CCCCC3)Oc3ccccc3C(C#Cc3ccccc3)=C2C)cc1. The molecule has 0 aliphatic carbocycles. The van der Waals surface area contributed by atoms with Crippen molar-refractivity contribution in [3.63, 3.8) is 0 Å². The molecule has 3 heteroatoms. The molecule has 2 aliphatic rings. The van der Waals surface area contributed by atoms with Gasteiger partial charge in [0.15, 0.2) is 0 Å². The van der Waals surface area contributed by atoms with Crippen molar-refractivity contribution in [2.75, 3.05) is 20.2 Å². The smallest absolute Gasteiger partial charge is 0.292 e. The predicted octanol–water partition coefficient (Wildman–Crippen LogP) is 4.83. The fourth-order valence-electron chi connectivity index (χ4n) is 5.17. The lowest BCUT2D eigenvalue weighted by molar-refractivity contribution is -0.980. The average molecular weight is 437 g/mol. The predicted molar refractivity (Wildman–Crippen MR) is 132 cm³/mol. The van der Waals surface area contributed by atoms with Crippen LogP contribution in [0.2, 0.25) is 0 Å². The molecule has 5 rings (SSSR count). The number of ether oxygens (including phenoxy) is 2. The highest BCUT2D eigenvalue weighted by atomic mass is 16.5. The van der Waals surface area contributed by atoms with Gasteiger partial charge in [-0.25, -0.2) is 0 Å². The van der Waals surface area contributed by atoms with E-state index < -0.39 is 5.72 Å². The van der Waals surface area contributed by atoms with Gasteiger partial charge in [-0.3, -0.25) is 4.90 Å². The lowest BCUT2D eigenvalue weighted by atomic mass is 9.83. The molecular weight excluding hydrogens is 406 g/mol. The molecule has 0 bridgehead atoms. The Kier molecular flexibility index (Phi) is 5.94. The Balaban J connectivity index is 1.73. The molecule has 0 aromatic heterocycles. The number of benzene rings is 3. The average Bonchev–Trinajstić information content (AvgIpc) is 2.89. The number of rotatable bonds is 3. The quantitative estimate of drug-likeness (QED) is 0.594. The molecule has 1 saturated heterocycles. The van der Waals surface area contributed by atoms with Gasteiger partial charge in [0.2, 0.25) is 0 Å². The Morgan fingerprint density at radius 1 is 0.818 bits per heavy atom. The van der Waals surface area contributed by atoms with E-state index in [1.54, 1.807) is 7.11 Å². The van der Waals surface area contributed by atoms with Crippen molar-refractivity contribution in [2.24, 2.45) is 0 Å². The van der Waals surface area contributed by atoms with Crippen molar-refractivity contribution < 1.29 is 14.4 Å². The second-order valence-corrected chi connectivity index (χ2v) is 8.79. The topological polar surface area (TPSA) is 22.9 Å². The van der Waals surface area contributed by atoms with Crippen LogP contribution in [0, 0.1) is 11.8 Å². The van der Waals surface area contributed by atoms with Gasteiger partial charge in [-0.1, -0.05) is 42.2 Å². The first kappa shape index (κ1) is 21.4. The molecule has 3 nitrogen and oxygen atoms in total. The van der Waals surface area contributed by atoms with Crippen molar-refractivity contribution in [3.8, 4) is 23.3 Å². The Labute approximate surface area is 196 Å². The lowest BCUT2D eigenvalue weighted by Gasteiger charge is -2.45. The number of allylic oxidation sites excluding steroid dienone is 1. The van der Waals surface area contributed by atoms with Crippen molar-refractivity contribution in [1.29, 1.82) is 0 Å². The molecule has 2 aliphatic heterocycles. The third-order valence-corrected chi connectivity index (χ3v) is 6.88. The van der Waals surface area contributed by atoms with E-state index in [9.17, 15) is 0 Å². The van der Waals surface area contributed by atoms with Gasteiger partial charge in [-0.05, 0) is 74.7 Å². The molecule has 0 unspecified atom stereocenters. The molecule has 0 spiro atoms. The van der Waals surface area contributed by atoms with Crippen LogP contribution in [0.25, 0.3) is 5.57 Å². The second-order valence-electron chi connectivity index (χ2n) is 8.79. The van der Waals surface area contributed by atoms with E-state index in [0.717, 1.165) is 46.9 Å². The summed E-state index contributed by atoms with van der Waals surface area (Å²) in [6.07, 6.45) is 3.69. The first-order valence-electron chi connectivity index (χ1n) is 11.8. The van der Waals surface area contributed by atoms with Gasteiger partial charge in [0, 0.05) is 16.7 Å². The van der Waals surface area contributed by atoms with Crippen LogP contribution in [0.4, 0.5) is 0 Å². The maximum atomic E-state index is 7.01. The van der Waals surface area contributed by atoms with Gasteiger partial charge in [0.1, 0.15) is 11.5 Å². The standard InChI is InChI=1S/C30H29NO2/c1-23-27(20-15-24-11-5-3-6-12-24)28-13-7-8-14-29(28)33-30(23,31-21-9-4-10-22-31)25-16-18-26(32-2)19-17-25/h3,5-8,11-14,16-19H,4,9-10,21-22H2,1-2H3/p+1/t30-/m1/s1. The first-order chi connectivity index (χ1) is 16.2. The molecule has 1 atom stereocenters. The van der Waals surface area contributed by atoms with E-state index in [2.05, 4.69) is 61.2 Å². The highest BCUT2D eigenvalue weighted by Gasteiger charge is 2.51. The van der Waals surface area contributed by atoms with Gasteiger partial charge in [0.25, 0.3) is 5.72 Å². The molecule has 1 N–H and O–H groups in total. The summed E-state index contributed by atoms with van der Waals surface area (Å²) in [7, 11) is 1.70. The number of hydrogen-bond acceptors (Lipinski definition) is 2. The third kappa shape index (κ3) is 3.92. The van der Waals surface area contributed by atoms with Crippen molar-refractivity contribution >= 4 is 5.57 Å². The molecule has 0 saturated carbocycles. The Bertz CT molecular complexity index is 1210. The van der Waals surface area contributed by atoms with Gasteiger partial charge < -0.3 is 9.47 Å². The summed E-state index contributed by atoms with van der Waals surface area (Å²) in [6.45, 7) is 4.35. The minimum atomic E-state index is -0.609. The number of likely N-dealkylation sites (tertiary alicyclic amines) is 1.